The van der Waals surface area contributed by atoms with Gasteiger partial charge in [0.2, 0.25) is 0 Å². The molecule has 1 saturated heterocycles. The van der Waals surface area contributed by atoms with Gasteiger partial charge in [-0.15, -0.1) is 0 Å². The highest BCUT2D eigenvalue weighted by molar-refractivity contribution is 5.45. The quantitative estimate of drug-likeness (QED) is 0.809. The van der Waals surface area contributed by atoms with Gasteiger partial charge in [-0.3, -0.25) is 0 Å². The van der Waals surface area contributed by atoms with E-state index in [0.29, 0.717) is 18.9 Å². The van der Waals surface area contributed by atoms with Gasteiger partial charge >= 0.3 is 0 Å². The Kier molecular flexibility index (Phi) is 4.49. The van der Waals surface area contributed by atoms with Gasteiger partial charge in [-0.25, -0.2) is 0 Å². The summed E-state index contributed by atoms with van der Waals surface area (Å²) in [5, 5.41) is 11.2. The van der Waals surface area contributed by atoms with Crippen molar-refractivity contribution < 1.29 is 19.3 Å². The predicted molar refractivity (Wildman–Crippen MR) is 93.3 cm³/mol. The number of ether oxygens (including phenoxy) is 3. The highest BCUT2D eigenvalue weighted by Crippen LogP contribution is 2.43. The SMILES string of the molecule is C=C(C)C(O)(CCC1Cc2cc(OC)ccc21)C1COC(C)(C)O1. The molecule has 132 valence electrons. The molecule has 0 bridgehead atoms. The Labute approximate surface area is 144 Å². The maximum atomic E-state index is 11.2. The highest BCUT2D eigenvalue weighted by Gasteiger charge is 2.47. The Bertz CT molecular complexity index is 637. The van der Waals surface area contributed by atoms with E-state index in [4.69, 9.17) is 14.2 Å². The van der Waals surface area contributed by atoms with Crippen LogP contribution in [0.1, 0.15) is 50.7 Å². The van der Waals surface area contributed by atoms with Crippen molar-refractivity contribution in [1.29, 1.82) is 0 Å². The van der Waals surface area contributed by atoms with Crippen LogP contribution < -0.4 is 4.74 Å². The normalized spacial score (nSPS) is 27.0. The van der Waals surface area contributed by atoms with Crippen molar-refractivity contribution in [2.75, 3.05) is 13.7 Å². The topological polar surface area (TPSA) is 47.9 Å². The van der Waals surface area contributed by atoms with Crippen molar-refractivity contribution in [2.45, 2.75) is 63.4 Å². The van der Waals surface area contributed by atoms with Crippen LogP contribution in [0.4, 0.5) is 0 Å². The minimum absolute atomic E-state index is 0.361. The lowest BCUT2D eigenvalue weighted by Gasteiger charge is -2.37. The van der Waals surface area contributed by atoms with E-state index in [2.05, 4.69) is 18.7 Å². The lowest BCUT2D eigenvalue weighted by molar-refractivity contribution is -0.164. The zero-order valence-corrected chi connectivity index (χ0v) is 15.1. The van der Waals surface area contributed by atoms with Gasteiger partial charge in [0, 0.05) is 0 Å². The van der Waals surface area contributed by atoms with E-state index in [1.165, 1.54) is 11.1 Å². The summed E-state index contributed by atoms with van der Waals surface area (Å²) in [5.74, 6) is 0.741. The van der Waals surface area contributed by atoms with Crippen LogP contribution in [0, 0.1) is 0 Å². The minimum atomic E-state index is -1.05. The molecule has 1 aromatic rings. The van der Waals surface area contributed by atoms with Crippen LogP contribution in [0.5, 0.6) is 5.75 Å². The molecule has 2 aliphatic rings. The summed E-state index contributed by atoms with van der Waals surface area (Å²) in [6, 6.07) is 6.25. The second-order valence-corrected chi connectivity index (χ2v) is 7.53. The van der Waals surface area contributed by atoms with Crippen LogP contribution in [0.15, 0.2) is 30.4 Å². The number of methoxy groups -OCH3 is 1. The van der Waals surface area contributed by atoms with Crippen molar-refractivity contribution in [3.63, 3.8) is 0 Å². The Morgan fingerprint density at radius 2 is 2.21 bits per heavy atom. The predicted octanol–water partition coefficient (Wildman–Crippen LogP) is 3.57. The molecule has 1 aliphatic heterocycles. The average molecular weight is 332 g/mol. The number of benzene rings is 1. The van der Waals surface area contributed by atoms with E-state index in [9.17, 15) is 5.11 Å². The van der Waals surface area contributed by atoms with E-state index in [-0.39, 0.29) is 6.10 Å². The molecule has 0 radical (unpaired) electrons. The van der Waals surface area contributed by atoms with E-state index in [1.807, 2.05) is 26.8 Å². The van der Waals surface area contributed by atoms with Gasteiger partial charge in [0.1, 0.15) is 17.5 Å². The molecule has 0 saturated carbocycles. The maximum absolute atomic E-state index is 11.2. The van der Waals surface area contributed by atoms with Gasteiger partial charge in [-0.2, -0.15) is 0 Å². The number of rotatable bonds is 6. The molecule has 24 heavy (non-hydrogen) atoms. The summed E-state index contributed by atoms with van der Waals surface area (Å²) in [7, 11) is 1.69. The first-order valence-electron chi connectivity index (χ1n) is 8.62. The van der Waals surface area contributed by atoms with E-state index < -0.39 is 11.4 Å². The standard InChI is InChI=1S/C20H28O4/c1-13(2)20(21,18-12-23-19(3,4)24-18)9-8-14-10-15-11-16(22-5)6-7-17(14)15/h6-7,11,14,18,21H,1,8-10,12H2,2-5H3. The lowest BCUT2D eigenvalue weighted by atomic mass is 9.72. The summed E-state index contributed by atoms with van der Waals surface area (Å²) < 4.78 is 16.8. The Morgan fingerprint density at radius 1 is 1.46 bits per heavy atom. The molecule has 3 rings (SSSR count). The summed E-state index contributed by atoms with van der Waals surface area (Å²) in [4.78, 5) is 0. The first-order valence-corrected chi connectivity index (χ1v) is 8.62. The third kappa shape index (κ3) is 3.10. The van der Waals surface area contributed by atoms with Crippen molar-refractivity contribution in [1.82, 2.24) is 0 Å². The molecule has 0 aromatic heterocycles. The summed E-state index contributed by atoms with van der Waals surface area (Å²) in [6.45, 7) is 10.0. The molecule has 1 aromatic carbocycles. The second kappa shape index (κ2) is 6.17. The molecule has 3 unspecified atom stereocenters. The molecule has 0 spiro atoms. The second-order valence-electron chi connectivity index (χ2n) is 7.53. The Balaban J connectivity index is 1.66. The van der Waals surface area contributed by atoms with E-state index in [0.717, 1.165) is 24.2 Å². The molecule has 1 fully saturated rings. The van der Waals surface area contributed by atoms with E-state index >= 15 is 0 Å². The van der Waals surface area contributed by atoms with Crippen molar-refractivity contribution in [3.8, 4) is 5.75 Å². The van der Waals surface area contributed by atoms with Gasteiger partial charge in [-0.05, 0) is 74.8 Å². The van der Waals surface area contributed by atoms with Crippen LogP contribution in [0.3, 0.4) is 0 Å². The molecular weight excluding hydrogens is 304 g/mol. The fourth-order valence-corrected chi connectivity index (χ4v) is 3.75. The third-order valence-corrected chi connectivity index (χ3v) is 5.41. The van der Waals surface area contributed by atoms with Gasteiger partial charge in [-0.1, -0.05) is 12.6 Å². The van der Waals surface area contributed by atoms with Gasteiger partial charge in [0.05, 0.1) is 13.7 Å². The molecule has 4 heteroatoms. The first kappa shape index (κ1) is 17.5. The first-order chi connectivity index (χ1) is 11.2. The van der Waals surface area contributed by atoms with Crippen molar-refractivity contribution in [3.05, 3.63) is 41.5 Å². The summed E-state index contributed by atoms with van der Waals surface area (Å²) in [6.07, 6.45) is 2.21. The van der Waals surface area contributed by atoms with Crippen LogP contribution in [-0.4, -0.2) is 36.3 Å². The monoisotopic (exact) mass is 332 g/mol. The molecule has 1 aliphatic carbocycles. The molecule has 3 atom stereocenters. The molecule has 1 heterocycles. The number of hydrogen-bond acceptors (Lipinski definition) is 4. The third-order valence-electron chi connectivity index (χ3n) is 5.41. The molecule has 0 amide bonds. The molecular formula is C20H28O4. The summed E-state index contributed by atoms with van der Waals surface area (Å²) >= 11 is 0. The lowest BCUT2D eigenvalue weighted by Crippen LogP contribution is -2.46. The number of hydrogen-bond donors (Lipinski definition) is 1. The van der Waals surface area contributed by atoms with Gasteiger partial charge < -0.3 is 19.3 Å². The van der Waals surface area contributed by atoms with Crippen LogP contribution >= 0.6 is 0 Å². The van der Waals surface area contributed by atoms with Gasteiger partial charge in [0.25, 0.3) is 0 Å². The fraction of sp³-hybridized carbons (Fsp3) is 0.600. The summed E-state index contributed by atoms with van der Waals surface area (Å²) in [5.41, 5.74) is 2.40. The number of fused-ring (bicyclic) bond motifs is 1. The molecule has 4 nitrogen and oxygen atoms in total. The van der Waals surface area contributed by atoms with Gasteiger partial charge in [0.15, 0.2) is 5.79 Å². The van der Waals surface area contributed by atoms with Crippen LogP contribution in [0.2, 0.25) is 0 Å². The van der Waals surface area contributed by atoms with Crippen LogP contribution in [-0.2, 0) is 15.9 Å². The van der Waals surface area contributed by atoms with Crippen molar-refractivity contribution >= 4 is 0 Å². The van der Waals surface area contributed by atoms with Crippen LogP contribution in [0.25, 0.3) is 0 Å². The Hall–Kier alpha value is -1.36. The minimum Gasteiger partial charge on any atom is -0.497 e. The largest absolute Gasteiger partial charge is 0.497 e. The van der Waals surface area contributed by atoms with E-state index in [1.54, 1.807) is 7.11 Å². The molecule has 1 N–H and O–H groups in total. The Morgan fingerprint density at radius 3 is 2.75 bits per heavy atom. The zero-order chi connectivity index (χ0) is 17.5. The highest BCUT2D eigenvalue weighted by atomic mass is 16.7. The average Bonchev–Trinajstić information content (AvgIpc) is 2.88. The van der Waals surface area contributed by atoms with Crippen molar-refractivity contribution in [2.24, 2.45) is 0 Å². The number of aliphatic hydroxyl groups is 1. The zero-order valence-electron chi connectivity index (χ0n) is 15.1. The fourth-order valence-electron chi connectivity index (χ4n) is 3.75. The smallest absolute Gasteiger partial charge is 0.163 e. The maximum Gasteiger partial charge on any atom is 0.163 e.